The summed E-state index contributed by atoms with van der Waals surface area (Å²) in [5.41, 5.74) is 1.27. The van der Waals surface area contributed by atoms with Gasteiger partial charge in [-0.15, -0.1) is 0 Å². The quantitative estimate of drug-likeness (QED) is 0.872. The first-order valence-electron chi connectivity index (χ1n) is 8.42. The maximum Gasteiger partial charge on any atom is 0.123 e. The van der Waals surface area contributed by atoms with E-state index in [9.17, 15) is 0 Å². The lowest BCUT2D eigenvalue weighted by Gasteiger charge is -2.30. The third-order valence-electron chi connectivity index (χ3n) is 5.25. The minimum atomic E-state index is 0.341. The zero-order valence-electron chi connectivity index (χ0n) is 13.3. The average molecular weight is 288 g/mol. The first-order valence-corrected chi connectivity index (χ1v) is 8.42. The molecule has 0 spiro atoms. The molecule has 4 atom stereocenters. The predicted octanol–water partition coefficient (Wildman–Crippen LogP) is 3.27. The van der Waals surface area contributed by atoms with E-state index in [4.69, 9.17) is 4.74 Å². The maximum absolute atomic E-state index is 5.51. The van der Waals surface area contributed by atoms with Crippen molar-refractivity contribution in [3.05, 3.63) is 29.8 Å². The first kappa shape index (κ1) is 14.9. The molecule has 0 amide bonds. The summed E-state index contributed by atoms with van der Waals surface area (Å²) < 4.78 is 5.51. The standard InChI is InChI=1S/C18H28N2O/c1-13(14-7-3-4-11-18(14)21-2)20-17-9-5-8-15(17)16-10-6-12-19-16/h3-4,7,11,13,15-17,19-20H,5-6,8-10,12H2,1-2H3/t13-,15?,16?,17?/m0/s1. The Bertz CT molecular complexity index is 456. The SMILES string of the molecule is COc1ccccc1[C@H](C)NC1CCCC1C1CCCN1. The van der Waals surface area contributed by atoms with Gasteiger partial charge in [0.25, 0.3) is 0 Å². The van der Waals surface area contributed by atoms with Crippen LogP contribution in [0.4, 0.5) is 0 Å². The molecule has 2 N–H and O–H groups in total. The van der Waals surface area contributed by atoms with Crippen molar-refractivity contribution in [3.63, 3.8) is 0 Å². The van der Waals surface area contributed by atoms with E-state index < -0.39 is 0 Å². The van der Waals surface area contributed by atoms with Gasteiger partial charge in [0.05, 0.1) is 7.11 Å². The van der Waals surface area contributed by atoms with Crippen LogP contribution in [0.2, 0.25) is 0 Å². The molecule has 0 aromatic heterocycles. The highest BCUT2D eigenvalue weighted by molar-refractivity contribution is 5.35. The summed E-state index contributed by atoms with van der Waals surface area (Å²) in [6.45, 7) is 3.46. The molecule has 0 radical (unpaired) electrons. The molecule has 3 heteroatoms. The molecule has 1 heterocycles. The van der Waals surface area contributed by atoms with Gasteiger partial charge in [0.15, 0.2) is 0 Å². The number of rotatable bonds is 5. The molecule has 1 aromatic rings. The molecular weight excluding hydrogens is 260 g/mol. The second-order valence-corrected chi connectivity index (χ2v) is 6.53. The normalized spacial score (nSPS) is 30.5. The fourth-order valence-electron chi connectivity index (χ4n) is 4.19. The van der Waals surface area contributed by atoms with E-state index in [2.05, 4.69) is 35.8 Å². The lowest BCUT2D eigenvalue weighted by atomic mass is 9.92. The lowest BCUT2D eigenvalue weighted by Crippen LogP contribution is -2.43. The van der Waals surface area contributed by atoms with Gasteiger partial charge in [-0.2, -0.15) is 0 Å². The Morgan fingerprint density at radius 3 is 2.81 bits per heavy atom. The zero-order chi connectivity index (χ0) is 14.7. The van der Waals surface area contributed by atoms with Crippen molar-refractivity contribution in [1.82, 2.24) is 10.6 Å². The molecular formula is C18H28N2O. The average Bonchev–Trinajstić information content (AvgIpc) is 3.17. The molecule has 116 valence electrons. The van der Waals surface area contributed by atoms with Crippen LogP contribution in [0.25, 0.3) is 0 Å². The molecule has 1 saturated heterocycles. The van der Waals surface area contributed by atoms with Gasteiger partial charge in [-0.25, -0.2) is 0 Å². The Morgan fingerprint density at radius 1 is 1.19 bits per heavy atom. The Hall–Kier alpha value is -1.06. The molecule has 2 fully saturated rings. The molecule has 1 aromatic carbocycles. The van der Waals surface area contributed by atoms with E-state index in [1.165, 1.54) is 44.2 Å². The number of benzene rings is 1. The largest absolute Gasteiger partial charge is 0.496 e. The van der Waals surface area contributed by atoms with Crippen molar-refractivity contribution < 1.29 is 4.74 Å². The topological polar surface area (TPSA) is 33.3 Å². The monoisotopic (exact) mass is 288 g/mol. The second-order valence-electron chi connectivity index (χ2n) is 6.53. The fraction of sp³-hybridized carbons (Fsp3) is 0.667. The summed E-state index contributed by atoms with van der Waals surface area (Å²) in [5, 5.41) is 7.58. The van der Waals surface area contributed by atoms with E-state index in [1.807, 2.05) is 6.07 Å². The summed E-state index contributed by atoms with van der Waals surface area (Å²) in [7, 11) is 1.76. The van der Waals surface area contributed by atoms with Crippen molar-refractivity contribution in [3.8, 4) is 5.75 Å². The Morgan fingerprint density at radius 2 is 2.05 bits per heavy atom. The van der Waals surface area contributed by atoms with E-state index in [1.54, 1.807) is 7.11 Å². The summed E-state index contributed by atoms with van der Waals surface area (Å²) >= 11 is 0. The predicted molar refractivity (Wildman–Crippen MR) is 86.7 cm³/mol. The van der Waals surface area contributed by atoms with Gasteiger partial charge in [-0.1, -0.05) is 24.6 Å². The number of ether oxygens (including phenoxy) is 1. The zero-order valence-corrected chi connectivity index (χ0v) is 13.3. The van der Waals surface area contributed by atoms with Crippen molar-refractivity contribution in [1.29, 1.82) is 0 Å². The molecule has 2 aliphatic rings. The minimum Gasteiger partial charge on any atom is -0.496 e. The Kier molecular flexibility index (Phi) is 4.81. The van der Waals surface area contributed by atoms with Crippen LogP contribution in [0, 0.1) is 5.92 Å². The molecule has 1 aliphatic carbocycles. The van der Waals surface area contributed by atoms with Crippen LogP contribution >= 0.6 is 0 Å². The molecule has 3 unspecified atom stereocenters. The van der Waals surface area contributed by atoms with Crippen LogP contribution in [0.1, 0.15) is 50.6 Å². The van der Waals surface area contributed by atoms with Crippen LogP contribution in [0.15, 0.2) is 24.3 Å². The smallest absolute Gasteiger partial charge is 0.123 e. The van der Waals surface area contributed by atoms with Crippen LogP contribution in [0.3, 0.4) is 0 Å². The Labute approximate surface area is 128 Å². The van der Waals surface area contributed by atoms with E-state index in [0.717, 1.165) is 17.7 Å². The van der Waals surface area contributed by atoms with Gasteiger partial charge in [-0.05, 0) is 51.1 Å². The van der Waals surface area contributed by atoms with E-state index >= 15 is 0 Å². The fourth-order valence-corrected chi connectivity index (χ4v) is 4.19. The van der Waals surface area contributed by atoms with Gasteiger partial charge >= 0.3 is 0 Å². The minimum absolute atomic E-state index is 0.341. The third-order valence-corrected chi connectivity index (χ3v) is 5.25. The number of methoxy groups -OCH3 is 1. The lowest BCUT2D eigenvalue weighted by molar-refractivity contribution is 0.300. The van der Waals surface area contributed by atoms with E-state index in [0.29, 0.717) is 12.1 Å². The van der Waals surface area contributed by atoms with Crippen molar-refractivity contribution in [2.75, 3.05) is 13.7 Å². The molecule has 21 heavy (non-hydrogen) atoms. The third kappa shape index (κ3) is 3.24. The van der Waals surface area contributed by atoms with E-state index in [-0.39, 0.29) is 0 Å². The van der Waals surface area contributed by atoms with Crippen molar-refractivity contribution >= 4 is 0 Å². The van der Waals surface area contributed by atoms with Crippen molar-refractivity contribution in [2.24, 2.45) is 5.92 Å². The molecule has 0 bridgehead atoms. The highest BCUT2D eigenvalue weighted by Gasteiger charge is 2.35. The van der Waals surface area contributed by atoms with Gasteiger partial charge in [0.2, 0.25) is 0 Å². The number of hydrogen-bond donors (Lipinski definition) is 2. The maximum atomic E-state index is 5.51. The number of nitrogens with one attached hydrogen (secondary N) is 2. The van der Waals surface area contributed by atoms with Gasteiger partial charge < -0.3 is 15.4 Å². The highest BCUT2D eigenvalue weighted by Crippen LogP contribution is 2.34. The Balaban J connectivity index is 1.67. The summed E-state index contributed by atoms with van der Waals surface area (Å²) in [4.78, 5) is 0. The summed E-state index contributed by atoms with van der Waals surface area (Å²) in [5.74, 6) is 1.79. The number of hydrogen-bond acceptors (Lipinski definition) is 3. The molecule has 3 nitrogen and oxygen atoms in total. The van der Waals surface area contributed by atoms with Gasteiger partial charge in [0, 0.05) is 23.7 Å². The first-order chi connectivity index (χ1) is 10.3. The van der Waals surface area contributed by atoms with Crippen LogP contribution < -0.4 is 15.4 Å². The molecule has 1 saturated carbocycles. The highest BCUT2D eigenvalue weighted by atomic mass is 16.5. The van der Waals surface area contributed by atoms with Gasteiger partial charge in [-0.3, -0.25) is 0 Å². The summed E-state index contributed by atoms with van der Waals surface area (Å²) in [6.07, 6.45) is 6.73. The summed E-state index contributed by atoms with van der Waals surface area (Å²) in [6, 6.07) is 10.1. The molecule has 3 rings (SSSR count). The second kappa shape index (κ2) is 6.80. The van der Waals surface area contributed by atoms with Crippen LogP contribution in [-0.4, -0.2) is 25.7 Å². The van der Waals surface area contributed by atoms with Crippen LogP contribution in [-0.2, 0) is 0 Å². The van der Waals surface area contributed by atoms with Crippen LogP contribution in [0.5, 0.6) is 5.75 Å². The number of para-hydroxylation sites is 1. The van der Waals surface area contributed by atoms with Gasteiger partial charge in [0.1, 0.15) is 5.75 Å². The molecule has 1 aliphatic heterocycles. The van der Waals surface area contributed by atoms with Crippen molar-refractivity contribution in [2.45, 2.75) is 57.2 Å².